The summed E-state index contributed by atoms with van der Waals surface area (Å²) in [5.74, 6) is -0.168. The molecule has 0 aromatic carbocycles. The van der Waals surface area contributed by atoms with Gasteiger partial charge in [-0.25, -0.2) is 0 Å². The maximum atomic E-state index is 10.5. The fraction of sp³-hybridized carbons (Fsp3) is 0.545. The Bertz CT molecular complexity index is 423. The van der Waals surface area contributed by atoms with Crippen molar-refractivity contribution in [3.8, 4) is 0 Å². The number of anilines is 1. The topological polar surface area (TPSA) is 88.7 Å². The minimum atomic E-state index is -0.526. The van der Waals surface area contributed by atoms with E-state index >= 15 is 0 Å². The number of pyridine rings is 1. The molecule has 1 saturated heterocycles. The van der Waals surface area contributed by atoms with Crippen molar-refractivity contribution in [2.75, 3.05) is 24.6 Å². The first-order valence-corrected chi connectivity index (χ1v) is 5.72. The van der Waals surface area contributed by atoms with Gasteiger partial charge in [-0.1, -0.05) is 0 Å². The van der Waals surface area contributed by atoms with E-state index in [4.69, 9.17) is 9.84 Å². The second-order valence-electron chi connectivity index (χ2n) is 4.29. The Hall–Kier alpha value is -1.73. The zero-order valence-corrected chi connectivity index (χ0v) is 10.0. The zero-order chi connectivity index (χ0) is 13.1. The van der Waals surface area contributed by atoms with E-state index in [1.165, 1.54) is 12.3 Å². The molecule has 7 nitrogen and oxygen atoms in total. The molecule has 98 valence electrons. The van der Waals surface area contributed by atoms with Gasteiger partial charge in [0.05, 0.1) is 24.5 Å². The van der Waals surface area contributed by atoms with Gasteiger partial charge in [0.2, 0.25) is 0 Å². The number of nitro groups is 1. The van der Waals surface area contributed by atoms with Crippen LogP contribution >= 0.6 is 0 Å². The van der Waals surface area contributed by atoms with Crippen molar-refractivity contribution in [2.24, 2.45) is 0 Å². The Labute approximate surface area is 104 Å². The van der Waals surface area contributed by atoms with E-state index < -0.39 is 4.92 Å². The minimum absolute atomic E-state index is 0.00564. The number of ether oxygens (including phenoxy) is 1. The van der Waals surface area contributed by atoms with Crippen LogP contribution < -0.4 is 4.90 Å². The molecule has 1 aromatic heterocycles. The molecule has 0 spiro atoms. The van der Waals surface area contributed by atoms with Gasteiger partial charge in [-0.15, -0.1) is 0 Å². The first-order chi connectivity index (χ1) is 8.60. The summed E-state index contributed by atoms with van der Waals surface area (Å²) >= 11 is 0. The van der Waals surface area contributed by atoms with E-state index in [0.717, 1.165) is 5.69 Å². The highest BCUT2D eigenvalue weighted by atomic mass is 16.6. The predicted octanol–water partition coefficient (Wildman–Crippen LogP) is 0.576. The van der Waals surface area contributed by atoms with Crippen LogP contribution in [0.1, 0.15) is 6.92 Å². The van der Waals surface area contributed by atoms with Crippen molar-refractivity contribution < 1.29 is 14.8 Å². The molecule has 0 radical (unpaired) electrons. The highest BCUT2D eigenvalue weighted by Crippen LogP contribution is 2.21. The van der Waals surface area contributed by atoms with Crippen molar-refractivity contribution in [1.82, 2.24) is 4.98 Å². The number of aliphatic hydroxyl groups excluding tert-OH is 1. The van der Waals surface area contributed by atoms with Crippen molar-refractivity contribution in [3.63, 3.8) is 0 Å². The monoisotopic (exact) mass is 253 g/mol. The molecule has 7 heteroatoms. The highest BCUT2D eigenvalue weighted by Gasteiger charge is 2.25. The molecule has 18 heavy (non-hydrogen) atoms. The Morgan fingerprint density at radius 1 is 1.61 bits per heavy atom. The smallest absolute Gasteiger partial charge is 0.363 e. The van der Waals surface area contributed by atoms with E-state index in [1.54, 1.807) is 6.07 Å². The van der Waals surface area contributed by atoms with Gasteiger partial charge in [-0.3, -0.25) is 0 Å². The van der Waals surface area contributed by atoms with E-state index in [9.17, 15) is 10.1 Å². The molecule has 0 amide bonds. The van der Waals surface area contributed by atoms with Crippen LogP contribution in [0.15, 0.2) is 18.3 Å². The number of aliphatic hydroxyl groups is 1. The molecule has 2 rings (SSSR count). The third-order valence-electron chi connectivity index (χ3n) is 2.81. The third kappa shape index (κ3) is 2.74. The van der Waals surface area contributed by atoms with Crippen LogP contribution in [0.4, 0.5) is 11.5 Å². The van der Waals surface area contributed by atoms with Gasteiger partial charge in [-0.05, 0) is 22.9 Å². The summed E-state index contributed by atoms with van der Waals surface area (Å²) in [6.07, 6.45) is 1.25. The van der Waals surface area contributed by atoms with Crippen LogP contribution in [0.25, 0.3) is 0 Å². The molecule has 0 saturated carbocycles. The Kier molecular flexibility index (Phi) is 3.73. The molecule has 1 aliphatic rings. The van der Waals surface area contributed by atoms with E-state index in [2.05, 4.69) is 4.98 Å². The molecule has 1 N–H and O–H groups in total. The average Bonchev–Trinajstić information content (AvgIpc) is 2.38. The normalized spacial score (nSPS) is 24.0. The summed E-state index contributed by atoms with van der Waals surface area (Å²) in [6.45, 7) is 3.12. The van der Waals surface area contributed by atoms with Gasteiger partial charge in [0.15, 0.2) is 6.20 Å². The first-order valence-electron chi connectivity index (χ1n) is 5.72. The van der Waals surface area contributed by atoms with Crippen LogP contribution in [0, 0.1) is 10.1 Å². The molecule has 1 fully saturated rings. The summed E-state index contributed by atoms with van der Waals surface area (Å²) in [4.78, 5) is 15.8. The van der Waals surface area contributed by atoms with Crippen LogP contribution in [0.3, 0.4) is 0 Å². The standard InChI is InChI=1S/C11H15N3O4/c1-8-5-13(6-10(7-15)18-8)9-2-3-11(12-4-9)14(16)17/h2-4,8,10,15H,5-7H2,1H3. The molecule has 1 aliphatic heterocycles. The lowest BCUT2D eigenvalue weighted by Gasteiger charge is -2.36. The van der Waals surface area contributed by atoms with Crippen LogP contribution in [-0.2, 0) is 4.74 Å². The fourth-order valence-electron chi connectivity index (χ4n) is 2.03. The van der Waals surface area contributed by atoms with Gasteiger partial charge < -0.3 is 24.9 Å². The van der Waals surface area contributed by atoms with Crippen molar-refractivity contribution in [3.05, 3.63) is 28.4 Å². The molecule has 2 heterocycles. The third-order valence-corrected chi connectivity index (χ3v) is 2.81. The lowest BCUT2D eigenvalue weighted by molar-refractivity contribution is -0.389. The van der Waals surface area contributed by atoms with E-state index in [1.807, 2.05) is 11.8 Å². The molecule has 1 aromatic rings. The Balaban J connectivity index is 2.12. The lowest BCUT2D eigenvalue weighted by atomic mass is 10.2. The van der Waals surface area contributed by atoms with Gasteiger partial charge >= 0.3 is 5.82 Å². The summed E-state index contributed by atoms with van der Waals surface area (Å²) in [7, 11) is 0. The zero-order valence-electron chi connectivity index (χ0n) is 10.0. The average molecular weight is 253 g/mol. The molecule has 0 aliphatic carbocycles. The van der Waals surface area contributed by atoms with Gasteiger partial charge in [0.1, 0.15) is 0 Å². The number of hydrogen-bond donors (Lipinski definition) is 1. The number of nitrogens with zero attached hydrogens (tertiary/aromatic N) is 3. The molecular formula is C11H15N3O4. The minimum Gasteiger partial charge on any atom is -0.394 e. The van der Waals surface area contributed by atoms with E-state index in [0.29, 0.717) is 13.1 Å². The number of morpholine rings is 1. The van der Waals surface area contributed by atoms with Crippen LogP contribution in [0.5, 0.6) is 0 Å². The lowest BCUT2D eigenvalue weighted by Crippen LogP contribution is -2.48. The van der Waals surface area contributed by atoms with Crippen LogP contribution in [-0.4, -0.2) is 46.9 Å². The first kappa shape index (κ1) is 12.7. The Morgan fingerprint density at radius 2 is 2.39 bits per heavy atom. The second-order valence-corrected chi connectivity index (χ2v) is 4.29. The van der Waals surface area contributed by atoms with Gasteiger partial charge in [-0.2, -0.15) is 0 Å². The van der Waals surface area contributed by atoms with Crippen molar-refractivity contribution in [1.29, 1.82) is 0 Å². The van der Waals surface area contributed by atoms with Crippen molar-refractivity contribution >= 4 is 11.5 Å². The largest absolute Gasteiger partial charge is 0.394 e. The second kappa shape index (κ2) is 5.28. The summed E-state index contributed by atoms with van der Waals surface area (Å²) in [5.41, 5.74) is 0.800. The quantitative estimate of drug-likeness (QED) is 0.626. The van der Waals surface area contributed by atoms with Gasteiger partial charge in [0.25, 0.3) is 0 Å². The maximum absolute atomic E-state index is 10.5. The fourth-order valence-corrected chi connectivity index (χ4v) is 2.03. The summed E-state index contributed by atoms with van der Waals surface area (Å²) in [5, 5.41) is 19.6. The molecular weight excluding hydrogens is 238 g/mol. The maximum Gasteiger partial charge on any atom is 0.363 e. The summed E-state index contributed by atoms with van der Waals surface area (Å²) < 4.78 is 5.53. The van der Waals surface area contributed by atoms with Crippen molar-refractivity contribution in [2.45, 2.75) is 19.1 Å². The molecule has 2 atom stereocenters. The molecule has 0 bridgehead atoms. The number of rotatable bonds is 3. The predicted molar refractivity (Wildman–Crippen MR) is 64.5 cm³/mol. The highest BCUT2D eigenvalue weighted by molar-refractivity contribution is 5.47. The number of aromatic nitrogens is 1. The Morgan fingerprint density at radius 3 is 2.94 bits per heavy atom. The summed E-state index contributed by atoms with van der Waals surface area (Å²) in [6, 6.07) is 3.04. The van der Waals surface area contributed by atoms with Gasteiger partial charge in [0, 0.05) is 19.2 Å². The molecule has 2 unspecified atom stereocenters. The number of hydrogen-bond acceptors (Lipinski definition) is 6. The van der Waals surface area contributed by atoms with Crippen LogP contribution in [0.2, 0.25) is 0 Å². The SMILES string of the molecule is CC1CN(c2ccc([N+](=O)[O-])nc2)CC(CO)O1. The van der Waals surface area contributed by atoms with E-state index in [-0.39, 0.29) is 24.6 Å².